The van der Waals surface area contributed by atoms with Gasteiger partial charge in [0.15, 0.2) is 0 Å². The molecule has 2 rings (SSSR count). The van der Waals surface area contributed by atoms with E-state index in [4.69, 9.17) is 5.26 Å². The lowest BCUT2D eigenvalue weighted by atomic mass is 10.2. The van der Waals surface area contributed by atoms with Crippen molar-refractivity contribution in [1.29, 1.82) is 5.26 Å². The molecule has 0 aliphatic carbocycles. The number of nitrogens with zero attached hydrogens (tertiary/aromatic N) is 1. The zero-order valence-electron chi connectivity index (χ0n) is 11.5. The van der Waals surface area contributed by atoms with Crippen molar-refractivity contribution in [2.75, 3.05) is 11.1 Å². The van der Waals surface area contributed by atoms with Crippen molar-refractivity contribution >= 4 is 23.4 Å². The molecule has 1 amide bonds. The Morgan fingerprint density at radius 1 is 1.23 bits per heavy atom. The van der Waals surface area contributed by atoms with E-state index in [-0.39, 0.29) is 5.56 Å². The molecule has 6 heteroatoms. The van der Waals surface area contributed by atoms with Crippen molar-refractivity contribution in [2.45, 2.75) is 11.3 Å². The highest BCUT2D eigenvalue weighted by atomic mass is 32.2. The van der Waals surface area contributed by atoms with Crippen LogP contribution >= 0.6 is 11.8 Å². The molecular weight excluding hydrogens is 306 g/mol. The highest BCUT2D eigenvalue weighted by molar-refractivity contribution is 7.99. The Balaban J connectivity index is 2.18. The van der Waals surface area contributed by atoms with Gasteiger partial charge in [0, 0.05) is 17.1 Å². The standard InChI is InChI=1S/C16H12F2N2OS/c17-11-6-7-13(18)12(10-11)16(21)20-14-4-1-2-5-15(14)22-9-3-8-19/h1-2,4-7,10H,3,9H2,(H,20,21). The van der Waals surface area contributed by atoms with Gasteiger partial charge in [-0.25, -0.2) is 8.78 Å². The lowest BCUT2D eigenvalue weighted by molar-refractivity contribution is 0.102. The number of hydrogen-bond acceptors (Lipinski definition) is 3. The first kappa shape index (κ1) is 16.0. The third-order valence-electron chi connectivity index (χ3n) is 2.78. The molecule has 112 valence electrons. The van der Waals surface area contributed by atoms with E-state index in [9.17, 15) is 13.6 Å². The summed E-state index contributed by atoms with van der Waals surface area (Å²) in [6, 6.07) is 11.8. The Hall–Kier alpha value is -2.39. The summed E-state index contributed by atoms with van der Waals surface area (Å²) in [4.78, 5) is 12.9. The third kappa shape index (κ3) is 4.06. The summed E-state index contributed by atoms with van der Waals surface area (Å²) in [6.07, 6.45) is 0.380. The number of halogens is 2. The molecule has 0 aliphatic rings. The molecule has 0 saturated carbocycles. The van der Waals surface area contributed by atoms with Crippen LogP contribution in [0.1, 0.15) is 16.8 Å². The van der Waals surface area contributed by atoms with Crippen LogP contribution in [0.2, 0.25) is 0 Å². The van der Waals surface area contributed by atoms with Gasteiger partial charge >= 0.3 is 0 Å². The zero-order chi connectivity index (χ0) is 15.9. The predicted molar refractivity (Wildman–Crippen MR) is 81.7 cm³/mol. The molecule has 0 spiro atoms. The van der Waals surface area contributed by atoms with Crippen LogP contribution in [0.3, 0.4) is 0 Å². The molecule has 0 atom stereocenters. The van der Waals surface area contributed by atoms with E-state index in [2.05, 4.69) is 5.32 Å². The number of nitriles is 1. The Bertz CT molecular complexity index is 728. The number of nitrogens with one attached hydrogen (secondary N) is 1. The maximum Gasteiger partial charge on any atom is 0.258 e. The van der Waals surface area contributed by atoms with E-state index in [0.717, 1.165) is 23.1 Å². The van der Waals surface area contributed by atoms with Gasteiger partial charge in [-0.3, -0.25) is 4.79 Å². The fourth-order valence-corrected chi connectivity index (χ4v) is 2.63. The quantitative estimate of drug-likeness (QED) is 0.663. The van der Waals surface area contributed by atoms with E-state index in [0.29, 0.717) is 17.9 Å². The smallest absolute Gasteiger partial charge is 0.258 e. The van der Waals surface area contributed by atoms with Crippen LogP contribution in [0.4, 0.5) is 14.5 Å². The van der Waals surface area contributed by atoms with Crippen LogP contribution in [0.25, 0.3) is 0 Å². The molecule has 2 aromatic rings. The largest absolute Gasteiger partial charge is 0.321 e. The molecule has 0 radical (unpaired) electrons. The topological polar surface area (TPSA) is 52.9 Å². The molecule has 0 aromatic heterocycles. The molecule has 2 aromatic carbocycles. The molecule has 0 fully saturated rings. The summed E-state index contributed by atoms with van der Waals surface area (Å²) >= 11 is 1.41. The van der Waals surface area contributed by atoms with E-state index in [1.807, 2.05) is 6.07 Å². The highest BCUT2D eigenvalue weighted by Crippen LogP contribution is 2.28. The lowest BCUT2D eigenvalue weighted by Gasteiger charge is -2.10. The summed E-state index contributed by atoms with van der Waals surface area (Å²) in [7, 11) is 0. The van der Waals surface area contributed by atoms with Gasteiger partial charge in [0.05, 0.1) is 17.3 Å². The number of thioether (sulfide) groups is 1. The fraction of sp³-hybridized carbons (Fsp3) is 0.125. The maximum atomic E-state index is 13.6. The van der Waals surface area contributed by atoms with Crippen LogP contribution in [0.15, 0.2) is 47.4 Å². The molecule has 0 aliphatic heterocycles. The van der Waals surface area contributed by atoms with Crippen LogP contribution in [-0.2, 0) is 0 Å². The summed E-state index contributed by atoms with van der Waals surface area (Å²) in [5.41, 5.74) is 0.149. The first-order chi connectivity index (χ1) is 10.6. The summed E-state index contributed by atoms with van der Waals surface area (Å²) in [5, 5.41) is 11.1. The molecule has 0 bridgehead atoms. The van der Waals surface area contributed by atoms with Gasteiger partial charge in [-0.2, -0.15) is 5.26 Å². The number of carbonyl (C=O) groups excluding carboxylic acids is 1. The minimum Gasteiger partial charge on any atom is -0.321 e. The van der Waals surface area contributed by atoms with E-state index in [1.165, 1.54) is 11.8 Å². The van der Waals surface area contributed by atoms with Gasteiger partial charge in [-0.15, -0.1) is 11.8 Å². The van der Waals surface area contributed by atoms with Gasteiger partial charge in [-0.1, -0.05) is 12.1 Å². The number of para-hydroxylation sites is 1. The second-order valence-corrected chi connectivity index (χ2v) is 5.47. The average Bonchev–Trinajstić information content (AvgIpc) is 2.51. The monoisotopic (exact) mass is 318 g/mol. The van der Waals surface area contributed by atoms with Crippen molar-refractivity contribution in [1.82, 2.24) is 0 Å². The minimum atomic E-state index is -0.784. The summed E-state index contributed by atoms with van der Waals surface area (Å²) in [5.74, 6) is -1.60. The first-order valence-electron chi connectivity index (χ1n) is 6.47. The SMILES string of the molecule is N#CCCSc1ccccc1NC(=O)c1cc(F)ccc1F. The normalized spacial score (nSPS) is 10.0. The number of anilines is 1. The number of carbonyl (C=O) groups is 1. The van der Waals surface area contributed by atoms with Crippen molar-refractivity contribution in [2.24, 2.45) is 0 Å². The molecule has 1 N–H and O–H groups in total. The third-order valence-corrected chi connectivity index (χ3v) is 3.85. The molecule has 22 heavy (non-hydrogen) atoms. The fourth-order valence-electron chi connectivity index (χ4n) is 1.76. The molecule has 3 nitrogen and oxygen atoms in total. The number of hydrogen-bond donors (Lipinski definition) is 1. The minimum absolute atomic E-state index is 0.350. The Morgan fingerprint density at radius 3 is 2.77 bits per heavy atom. The van der Waals surface area contributed by atoms with Gasteiger partial charge in [0.1, 0.15) is 11.6 Å². The van der Waals surface area contributed by atoms with Gasteiger partial charge < -0.3 is 5.32 Å². The average molecular weight is 318 g/mol. The van der Waals surface area contributed by atoms with Crippen molar-refractivity contribution in [3.8, 4) is 6.07 Å². The van der Waals surface area contributed by atoms with Gasteiger partial charge in [0.2, 0.25) is 0 Å². The van der Waals surface area contributed by atoms with Crippen LogP contribution < -0.4 is 5.32 Å². The van der Waals surface area contributed by atoms with Crippen molar-refractivity contribution in [3.05, 3.63) is 59.7 Å². The number of benzene rings is 2. The number of amides is 1. The maximum absolute atomic E-state index is 13.6. The first-order valence-corrected chi connectivity index (χ1v) is 7.45. The predicted octanol–water partition coefficient (Wildman–Crippen LogP) is 4.22. The van der Waals surface area contributed by atoms with E-state index < -0.39 is 17.5 Å². The Kier molecular flexibility index (Phi) is 5.50. The Labute approximate surface area is 131 Å². The van der Waals surface area contributed by atoms with E-state index >= 15 is 0 Å². The van der Waals surface area contributed by atoms with Crippen LogP contribution in [0, 0.1) is 23.0 Å². The molecule has 0 saturated heterocycles. The van der Waals surface area contributed by atoms with Gasteiger partial charge in [-0.05, 0) is 30.3 Å². The number of rotatable bonds is 5. The highest BCUT2D eigenvalue weighted by Gasteiger charge is 2.14. The second-order valence-electron chi connectivity index (χ2n) is 4.33. The zero-order valence-corrected chi connectivity index (χ0v) is 12.3. The van der Waals surface area contributed by atoms with Crippen LogP contribution in [0.5, 0.6) is 0 Å². The van der Waals surface area contributed by atoms with Crippen molar-refractivity contribution < 1.29 is 13.6 Å². The molecule has 0 heterocycles. The lowest BCUT2D eigenvalue weighted by Crippen LogP contribution is -2.14. The molecular formula is C16H12F2N2OS. The van der Waals surface area contributed by atoms with E-state index in [1.54, 1.807) is 24.3 Å². The summed E-state index contributed by atoms with van der Waals surface area (Å²) in [6.45, 7) is 0. The molecule has 0 unspecified atom stereocenters. The van der Waals surface area contributed by atoms with Gasteiger partial charge in [0.25, 0.3) is 5.91 Å². The van der Waals surface area contributed by atoms with Crippen molar-refractivity contribution in [3.63, 3.8) is 0 Å². The van der Waals surface area contributed by atoms with Crippen LogP contribution in [-0.4, -0.2) is 11.7 Å². The Morgan fingerprint density at radius 2 is 2.00 bits per heavy atom. The summed E-state index contributed by atoms with van der Waals surface area (Å²) < 4.78 is 26.8. The second kappa shape index (κ2) is 7.57.